The first-order valence-corrected chi connectivity index (χ1v) is 8.47. The summed E-state index contributed by atoms with van der Waals surface area (Å²) in [5.41, 5.74) is 3.72. The van der Waals surface area contributed by atoms with Crippen molar-refractivity contribution in [3.63, 3.8) is 0 Å². The molecule has 0 spiro atoms. The molecular weight excluding hydrogens is 314 g/mol. The van der Waals surface area contributed by atoms with Gasteiger partial charge in [-0.3, -0.25) is 4.90 Å². The second-order valence-electron chi connectivity index (χ2n) is 6.24. The Labute approximate surface area is 147 Å². The number of rotatable bonds is 6. The first kappa shape index (κ1) is 17.2. The largest absolute Gasteiger partial charge is 0.497 e. The second-order valence-corrected chi connectivity index (χ2v) is 6.24. The van der Waals surface area contributed by atoms with Gasteiger partial charge in [0, 0.05) is 24.5 Å². The molecule has 3 aromatic rings. The van der Waals surface area contributed by atoms with Crippen molar-refractivity contribution in [3.8, 4) is 5.75 Å². The first-order chi connectivity index (χ1) is 12.1. The van der Waals surface area contributed by atoms with Crippen LogP contribution in [0.25, 0.3) is 11.0 Å². The van der Waals surface area contributed by atoms with Crippen LogP contribution in [0.3, 0.4) is 0 Å². The molecule has 0 fully saturated rings. The average molecular weight is 337 g/mol. The van der Waals surface area contributed by atoms with Crippen molar-refractivity contribution < 1.29 is 9.15 Å². The fourth-order valence-electron chi connectivity index (χ4n) is 2.98. The maximum Gasteiger partial charge on any atom is 0.336 e. The second kappa shape index (κ2) is 7.53. The maximum atomic E-state index is 11.9. The maximum absolute atomic E-state index is 11.9. The molecule has 4 nitrogen and oxygen atoms in total. The Hall–Kier alpha value is -2.59. The topological polar surface area (TPSA) is 42.7 Å². The Morgan fingerprint density at radius 2 is 1.80 bits per heavy atom. The molecule has 2 aromatic carbocycles. The molecule has 1 aromatic heterocycles. The van der Waals surface area contributed by atoms with E-state index in [1.165, 1.54) is 5.56 Å². The van der Waals surface area contributed by atoms with Gasteiger partial charge in [0.2, 0.25) is 0 Å². The fraction of sp³-hybridized carbons (Fsp3) is 0.286. The van der Waals surface area contributed by atoms with Crippen molar-refractivity contribution in [2.75, 3.05) is 13.7 Å². The summed E-state index contributed by atoms with van der Waals surface area (Å²) in [6.07, 6.45) is 0. The zero-order chi connectivity index (χ0) is 17.8. The summed E-state index contributed by atoms with van der Waals surface area (Å²) in [5.74, 6) is 0.855. The lowest BCUT2D eigenvalue weighted by molar-refractivity contribution is 0.271. The summed E-state index contributed by atoms with van der Waals surface area (Å²) in [4.78, 5) is 14.2. The Bertz CT molecular complexity index is 913. The molecule has 0 aliphatic carbocycles. The van der Waals surface area contributed by atoms with E-state index in [1.807, 2.05) is 31.2 Å². The van der Waals surface area contributed by atoms with Crippen molar-refractivity contribution in [3.05, 3.63) is 75.6 Å². The number of methoxy groups -OCH3 is 1. The Morgan fingerprint density at radius 3 is 2.48 bits per heavy atom. The minimum Gasteiger partial charge on any atom is -0.497 e. The van der Waals surface area contributed by atoms with Crippen LogP contribution in [-0.4, -0.2) is 18.6 Å². The van der Waals surface area contributed by atoms with Gasteiger partial charge in [-0.15, -0.1) is 0 Å². The predicted octanol–water partition coefficient (Wildman–Crippen LogP) is 4.13. The van der Waals surface area contributed by atoms with E-state index in [-0.39, 0.29) is 5.63 Å². The highest BCUT2D eigenvalue weighted by Crippen LogP contribution is 2.21. The lowest BCUT2D eigenvalue weighted by atomic mass is 10.1. The Kier molecular flexibility index (Phi) is 5.19. The number of hydrogen-bond acceptors (Lipinski definition) is 4. The van der Waals surface area contributed by atoms with E-state index in [0.717, 1.165) is 35.4 Å². The van der Waals surface area contributed by atoms with Crippen LogP contribution in [0.15, 0.2) is 57.7 Å². The van der Waals surface area contributed by atoms with Crippen molar-refractivity contribution in [1.29, 1.82) is 0 Å². The highest BCUT2D eigenvalue weighted by atomic mass is 16.5. The van der Waals surface area contributed by atoms with Crippen LogP contribution in [0.2, 0.25) is 0 Å². The molecule has 130 valence electrons. The summed E-state index contributed by atoms with van der Waals surface area (Å²) in [7, 11) is 1.67. The van der Waals surface area contributed by atoms with Gasteiger partial charge in [0.15, 0.2) is 0 Å². The normalized spacial score (nSPS) is 11.2. The summed E-state index contributed by atoms with van der Waals surface area (Å²) < 4.78 is 10.5. The predicted molar refractivity (Wildman–Crippen MR) is 100 cm³/mol. The van der Waals surface area contributed by atoms with Crippen molar-refractivity contribution in [2.45, 2.75) is 26.9 Å². The molecule has 0 amide bonds. The lowest BCUT2D eigenvalue weighted by Crippen LogP contribution is -2.23. The van der Waals surface area contributed by atoms with E-state index in [0.29, 0.717) is 12.1 Å². The Morgan fingerprint density at radius 1 is 1.04 bits per heavy atom. The number of fused-ring (bicyclic) bond motifs is 1. The quantitative estimate of drug-likeness (QED) is 0.634. The molecule has 4 heteroatoms. The standard InChI is InChI=1S/C21H23NO3/c1-4-22(13-16-6-8-18(24-3)9-7-16)14-17-12-21(23)25-20-10-5-15(2)11-19(17)20/h5-12H,4,13-14H2,1-3H3. The van der Waals surface area contributed by atoms with Gasteiger partial charge in [0.05, 0.1) is 7.11 Å². The number of nitrogens with zero attached hydrogens (tertiary/aromatic N) is 1. The molecule has 0 saturated carbocycles. The Balaban J connectivity index is 1.87. The van der Waals surface area contributed by atoms with Gasteiger partial charge in [-0.1, -0.05) is 30.7 Å². The van der Waals surface area contributed by atoms with Gasteiger partial charge in [-0.25, -0.2) is 4.79 Å². The smallest absolute Gasteiger partial charge is 0.336 e. The number of benzene rings is 2. The van der Waals surface area contributed by atoms with Crippen LogP contribution in [0, 0.1) is 6.92 Å². The molecule has 0 aliphatic rings. The third-order valence-corrected chi connectivity index (χ3v) is 4.39. The van der Waals surface area contributed by atoms with Crippen LogP contribution < -0.4 is 10.4 Å². The molecule has 3 rings (SSSR count). The van der Waals surface area contributed by atoms with E-state index in [9.17, 15) is 4.79 Å². The molecule has 0 bridgehead atoms. The number of ether oxygens (including phenoxy) is 1. The van der Waals surface area contributed by atoms with Crippen molar-refractivity contribution >= 4 is 11.0 Å². The third kappa shape index (κ3) is 4.09. The third-order valence-electron chi connectivity index (χ3n) is 4.39. The molecule has 0 aliphatic heterocycles. The lowest BCUT2D eigenvalue weighted by Gasteiger charge is -2.21. The van der Waals surface area contributed by atoms with Gasteiger partial charge < -0.3 is 9.15 Å². The van der Waals surface area contributed by atoms with Gasteiger partial charge in [0.1, 0.15) is 11.3 Å². The molecule has 25 heavy (non-hydrogen) atoms. The summed E-state index contributed by atoms with van der Waals surface area (Å²) in [5, 5.41) is 1.01. The molecule has 1 heterocycles. The van der Waals surface area contributed by atoms with E-state index in [4.69, 9.17) is 9.15 Å². The van der Waals surface area contributed by atoms with E-state index < -0.39 is 0 Å². The summed E-state index contributed by atoms with van der Waals surface area (Å²) in [6, 6.07) is 15.6. The zero-order valence-electron chi connectivity index (χ0n) is 14.9. The SMILES string of the molecule is CCN(Cc1ccc(OC)cc1)Cc1cc(=O)oc2ccc(C)cc12. The van der Waals surface area contributed by atoms with Gasteiger partial charge >= 0.3 is 5.63 Å². The number of aryl methyl sites for hydroxylation is 1. The van der Waals surface area contributed by atoms with Crippen LogP contribution in [0.5, 0.6) is 5.75 Å². The average Bonchev–Trinajstić information content (AvgIpc) is 2.62. The van der Waals surface area contributed by atoms with Crippen molar-refractivity contribution in [2.24, 2.45) is 0 Å². The van der Waals surface area contributed by atoms with E-state index >= 15 is 0 Å². The number of hydrogen-bond donors (Lipinski definition) is 0. The minimum atomic E-state index is -0.299. The van der Waals surface area contributed by atoms with Crippen LogP contribution in [0.4, 0.5) is 0 Å². The molecular formula is C21H23NO3. The highest BCUT2D eigenvalue weighted by molar-refractivity contribution is 5.80. The van der Waals surface area contributed by atoms with Crippen LogP contribution >= 0.6 is 0 Å². The first-order valence-electron chi connectivity index (χ1n) is 8.47. The van der Waals surface area contributed by atoms with Gasteiger partial charge in [0.25, 0.3) is 0 Å². The molecule has 0 saturated heterocycles. The van der Waals surface area contributed by atoms with E-state index in [2.05, 4.69) is 30.0 Å². The summed E-state index contributed by atoms with van der Waals surface area (Å²) in [6.45, 7) is 6.58. The van der Waals surface area contributed by atoms with Crippen LogP contribution in [0.1, 0.15) is 23.6 Å². The van der Waals surface area contributed by atoms with E-state index in [1.54, 1.807) is 13.2 Å². The zero-order valence-corrected chi connectivity index (χ0v) is 14.9. The molecule has 0 atom stereocenters. The molecule has 0 radical (unpaired) electrons. The molecule has 0 unspecified atom stereocenters. The van der Waals surface area contributed by atoms with Gasteiger partial charge in [-0.05, 0) is 48.9 Å². The molecule has 0 N–H and O–H groups in total. The van der Waals surface area contributed by atoms with Crippen LogP contribution in [-0.2, 0) is 13.1 Å². The summed E-state index contributed by atoms with van der Waals surface area (Å²) >= 11 is 0. The highest BCUT2D eigenvalue weighted by Gasteiger charge is 2.11. The fourth-order valence-corrected chi connectivity index (χ4v) is 2.98. The minimum absolute atomic E-state index is 0.299. The van der Waals surface area contributed by atoms with Gasteiger partial charge in [-0.2, -0.15) is 0 Å². The monoisotopic (exact) mass is 337 g/mol. The van der Waals surface area contributed by atoms with Crippen molar-refractivity contribution in [1.82, 2.24) is 4.90 Å².